The molecule has 0 saturated carbocycles. The highest BCUT2D eigenvalue weighted by molar-refractivity contribution is 5.47. The van der Waals surface area contributed by atoms with E-state index in [4.69, 9.17) is 4.74 Å². The summed E-state index contributed by atoms with van der Waals surface area (Å²) in [5.74, 6) is 0.493. The fourth-order valence-corrected chi connectivity index (χ4v) is 2.65. The molecular weight excluding hydrogens is 238 g/mol. The zero-order chi connectivity index (χ0) is 13.4. The molecular formula is C16H17NO2. The van der Waals surface area contributed by atoms with E-state index in [2.05, 4.69) is 24.0 Å². The third-order valence-electron chi connectivity index (χ3n) is 3.79. The lowest BCUT2D eigenvalue weighted by Crippen LogP contribution is -2.06. The van der Waals surface area contributed by atoms with Crippen LogP contribution in [0, 0.1) is 6.92 Å². The Hall–Kier alpha value is -1.87. The van der Waals surface area contributed by atoms with Crippen LogP contribution in [0.1, 0.15) is 40.9 Å². The Kier molecular flexibility index (Phi) is 2.99. The van der Waals surface area contributed by atoms with E-state index in [-0.39, 0.29) is 11.7 Å². The third-order valence-corrected chi connectivity index (χ3v) is 3.79. The SMILES string of the molecule is Cc1nc(C(C)c2ccccc2)c2c(c1O)COC2. The molecule has 1 aromatic carbocycles. The average Bonchev–Trinajstić information content (AvgIpc) is 2.93. The molecule has 1 unspecified atom stereocenters. The standard InChI is InChI=1S/C16H17NO2/c1-10(12-6-4-3-5-7-12)15-13-8-19-9-14(13)16(18)11(2)17-15/h3-7,10,18H,8-9H2,1-2H3. The predicted octanol–water partition coefficient (Wildman–Crippen LogP) is 3.28. The highest BCUT2D eigenvalue weighted by atomic mass is 16.5. The van der Waals surface area contributed by atoms with E-state index in [1.165, 1.54) is 5.56 Å². The van der Waals surface area contributed by atoms with Crippen LogP contribution in [0.4, 0.5) is 0 Å². The molecule has 3 nitrogen and oxygen atoms in total. The first kappa shape index (κ1) is 12.2. The number of hydrogen-bond acceptors (Lipinski definition) is 3. The van der Waals surface area contributed by atoms with Crippen LogP contribution in [0.15, 0.2) is 30.3 Å². The number of rotatable bonds is 2. The van der Waals surface area contributed by atoms with Gasteiger partial charge in [-0.25, -0.2) is 0 Å². The first-order valence-electron chi connectivity index (χ1n) is 6.52. The maximum Gasteiger partial charge on any atom is 0.142 e. The second kappa shape index (κ2) is 4.67. The maximum atomic E-state index is 10.1. The predicted molar refractivity (Wildman–Crippen MR) is 73.1 cm³/mol. The third kappa shape index (κ3) is 2.00. The molecule has 1 aromatic heterocycles. The first-order chi connectivity index (χ1) is 9.18. The van der Waals surface area contributed by atoms with Crippen LogP contribution in [-0.4, -0.2) is 10.1 Å². The number of hydrogen-bond donors (Lipinski definition) is 1. The number of aromatic hydroxyl groups is 1. The second-order valence-corrected chi connectivity index (χ2v) is 5.01. The van der Waals surface area contributed by atoms with Crippen LogP contribution in [0.25, 0.3) is 0 Å². The van der Waals surface area contributed by atoms with E-state index in [1.807, 2.05) is 25.1 Å². The highest BCUT2D eigenvalue weighted by Gasteiger charge is 2.25. The molecule has 0 spiro atoms. The van der Waals surface area contributed by atoms with Crippen LogP contribution in [0.2, 0.25) is 0 Å². The minimum atomic E-state index is 0.205. The zero-order valence-corrected chi connectivity index (χ0v) is 11.2. The Labute approximate surface area is 112 Å². The van der Waals surface area contributed by atoms with Gasteiger partial charge >= 0.3 is 0 Å². The van der Waals surface area contributed by atoms with E-state index in [1.54, 1.807) is 0 Å². The first-order valence-corrected chi connectivity index (χ1v) is 6.52. The van der Waals surface area contributed by atoms with Gasteiger partial charge in [0.2, 0.25) is 0 Å². The Bertz CT molecular complexity index is 608. The quantitative estimate of drug-likeness (QED) is 0.895. The molecule has 0 aliphatic carbocycles. The van der Waals surface area contributed by atoms with Gasteiger partial charge in [-0.05, 0) is 12.5 Å². The summed E-state index contributed by atoms with van der Waals surface area (Å²) in [6, 6.07) is 10.3. The van der Waals surface area contributed by atoms with Crippen LogP contribution in [0.3, 0.4) is 0 Å². The lowest BCUT2D eigenvalue weighted by molar-refractivity contribution is 0.133. The van der Waals surface area contributed by atoms with E-state index < -0.39 is 0 Å². The summed E-state index contributed by atoms with van der Waals surface area (Å²) in [7, 11) is 0. The van der Waals surface area contributed by atoms with Gasteiger partial charge in [0.15, 0.2) is 0 Å². The molecule has 0 fully saturated rings. The van der Waals surface area contributed by atoms with Crippen LogP contribution in [0.5, 0.6) is 5.75 Å². The van der Waals surface area contributed by atoms with Gasteiger partial charge in [0.05, 0.1) is 24.6 Å². The number of fused-ring (bicyclic) bond motifs is 1. The minimum absolute atomic E-state index is 0.205. The number of nitrogens with zero attached hydrogens (tertiary/aromatic N) is 1. The van der Waals surface area contributed by atoms with Crippen LogP contribution >= 0.6 is 0 Å². The molecule has 1 N–H and O–H groups in total. The molecule has 1 aliphatic rings. The van der Waals surface area contributed by atoms with Crippen molar-refractivity contribution in [3.8, 4) is 5.75 Å². The Morgan fingerprint density at radius 1 is 1.16 bits per heavy atom. The molecule has 0 amide bonds. The van der Waals surface area contributed by atoms with E-state index in [0.717, 1.165) is 16.8 Å². The summed E-state index contributed by atoms with van der Waals surface area (Å²) >= 11 is 0. The maximum absolute atomic E-state index is 10.1. The van der Waals surface area contributed by atoms with Gasteiger partial charge in [0, 0.05) is 17.0 Å². The number of ether oxygens (including phenoxy) is 1. The summed E-state index contributed by atoms with van der Waals surface area (Å²) in [5, 5.41) is 10.1. The van der Waals surface area contributed by atoms with Crippen molar-refractivity contribution in [2.24, 2.45) is 0 Å². The topological polar surface area (TPSA) is 42.4 Å². The minimum Gasteiger partial charge on any atom is -0.506 e. The molecule has 0 saturated heterocycles. The Balaban J connectivity index is 2.11. The molecule has 2 aromatic rings. The van der Waals surface area contributed by atoms with Crippen molar-refractivity contribution >= 4 is 0 Å². The summed E-state index contributed by atoms with van der Waals surface area (Å²) in [5.41, 5.74) is 4.90. The molecule has 1 aliphatic heterocycles. The second-order valence-electron chi connectivity index (χ2n) is 5.01. The zero-order valence-electron chi connectivity index (χ0n) is 11.2. The van der Waals surface area contributed by atoms with Crippen LogP contribution < -0.4 is 0 Å². The summed E-state index contributed by atoms with van der Waals surface area (Å²) < 4.78 is 5.48. The van der Waals surface area contributed by atoms with Crippen LogP contribution in [-0.2, 0) is 18.0 Å². The fraction of sp³-hybridized carbons (Fsp3) is 0.312. The van der Waals surface area contributed by atoms with Crippen molar-refractivity contribution in [1.29, 1.82) is 0 Å². The van der Waals surface area contributed by atoms with Crippen molar-refractivity contribution in [2.45, 2.75) is 33.0 Å². The van der Waals surface area contributed by atoms with E-state index in [0.29, 0.717) is 18.9 Å². The average molecular weight is 255 g/mol. The molecule has 2 heterocycles. The molecule has 0 bridgehead atoms. The van der Waals surface area contributed by atoms with Gasteiger partial charge < -0.3 is 9.84 Å². The number of aryl methyl sites for hydroxylation is 1. The molecule has 1 atom stereocenters. The number of pyridine rings is 1. The van der Waals surface area contributed by atoms with E-state index >= 15 is 0 Å². The Morgan fingerprint density at radius 2 is 1.84 bits per heavy atom. The molecule has 98 valence electrons. The summed E-state index contributed by atoms with van der Waals surface area (Å²) in [4.78, 5) is 4.59. The van der Waals surface area contributed by atoms with Gasteiger partial charge in [0.25, 0.3) is 0 Å². The van der Waals surface area contributed by atoms with Gasteiger partial charge in [-0.3, -0.25) is 4.98 Å². The van der Waals surface area contributed by atoms with Gasteiger partial charge in [0.1, 0.15) is 5.75 Å². The van der Waals surface area contributed by atoms with Gasteiger partial charge in [-0.15, -0.1) is 0 Å². The van der Waals surface area contributed by atoms with Crippen molar-refractivity contribution in [3.63, 3.8) is 0 Å². The number of aromatic nitrogens is 1. The summed E-state index contributed by atoms with van der Waals surface area (Å²) in [6.07, 6.45) is 0. The summed E-state index contributed by atoms with van der Waals surface area (Å²) in [6.45, 7) is 5.02. The largest absolute Gasteiger partial charge is 0.506 e. The van der Waals surface area contributed by atoms with Crippen molar-refractivity contribution in [3.05, 3.63) is 58.4 Å². The highest BCUT2D eigenvalue weighted by Crippen LogP contribution is 2.36. The van der Waals surface area contributed by atoms with Crippen molar-refractivity contribution in [2.75, 3.05) is 0 Å². The fourth-order valence-electron chi connectivity index (χ4n) is 2.65. The molecule has 19 heavy (non-hydrogen) atoms. The molecule has 0 radical (unpaired) electrons. The van der Waals surface area contributed by atoms with Crippen molar-refractivity contribution in [1.82, 2.24) is 4.98 Å². The smallest absolute Gasteiger partial charge is 0.142 e. The monoisotopic (exact) mass is 255 g/mol. The number of benzene rings is 1. The normalized spacial score (nSPS) is 15.3. The Morgan fingerprint density at radius 3 is 2.58 bits per heavy atom. The van der Waals surface area contributed by atoms with Crippen molar-refractivity contribution < 1.29 is 9.84 Å². The lowest BCUT2D eigenvalue weighted by atomic mass is 9.92. The van der Waals surface area contributed by atoms with Gasteiger partial charge in [-0.2, -0.15) is 0 Å². The molecule has 3 rings (SSSR count). The van der Waals surface area contributed by atoms with Gasteiger partial charge in [-0.1, -0.05) is 37.3 Å². The van der Waals surface area contributed by atoms with E-state index in [9.17, 15) is 5.11 Å². The molecule has 3 heteroatoms. The lowest BCUT2D eigenvalue weighted by Gasteiger charge is -2.16.